The van der Waals surface area contributed by atoms with Crippen molar-refractivity contribution in [3.8, 4) is 0 Å². The van der Waals surface area contributed by atoms with Crippen LogP contribution in [0.1, 0.15) is 232 Å². The van der Waals surface area contributed by atoms with Crippen LogP contribution in [0.3, 0.4) is 0 Å². The Labute approximate surface area is 360 Å². The number of carbonyl (C=O) groups excluding carboxylic acids is 1. The summed E-state index contributed by atoms with van der Waals surface area (Å²) in [6.07, 6.45) is 41.4. The molecule has 58 heavy (non-hydrogen) atoms. The molecule has 0 aliphatic rings. The molecule has 0 fully saturated rings. The third kappa shape index (κ3) is 33.9. The molecular weight excluding hydrogens is 773 g/mol. The van der Waals surface area contributed by atoms with Gasteiger partial charge in [0, 0.05) is 18.6 Å². The Morgan fingerprint density at radius 2 is 0.724 bits per heavy atom. The summed E-state index contributed by atoms with van der Waals surface area (Å²) in [5, 5.41) is 11.6. The maximum Gasteiger partial charge on any atom is 0.328 e. The van der Waals surface area contributed by atoms with Crippen LogP contribution in [0.5, 0.6) is 0 Å². The van der Waals surface area contributed by atoms with Gasteiger partial charge in [-0.2, -0.15) is 8.42 Å². The Bertz CT molecular complexity index is 1170. The molecule has 12 heteroatoms. The summed E-state index contributed by atoms with van der Waals surface area (Å²) in [4.78, 5) is 9.32. The van der Waals surface area contributed by atoms with E-state index in [1.165, 1.54) is 195 Å². The minimum Gasteiger partial charge on any atom is -0.748 e. The fraction of sp³-hybridized carbons (Fsp3) is 0.978. The van der Waals surface area contributed by atoms with Gasteiger partial charge in [-0.25, -0.2) is 8.42 Å². The lowest BCUT2D eigenvalue weighted by molar-refractivity contribution is -0.901. The van der Waals surface area contributed by atoms with E-state index in [4.69, 9.17) is 0 Å². The average Bonchev–Trinajstić information content (AvgIpc) is 3.11. The molecule has 350 valence electrons. The highest BCUT2D eigenvalue weighted by molar-refractivity contribution is 7.87. The Morgan fingerprint density at radius 3 is 0.966 bits per heavy atom. The number of aliphatic carboxylic acids is 1. The first kappa shape index (κ1) is 59.3. The maximum absolute atomic E-state index is 11.9. The number of carboxylic acid groups (broad SMARTS) is 1. The molecule has 1 N–H and O–H groups in total. The normalized spacial score (nSPS) is 13.6. The minimum atomic E-state index is -4.79. The fourth-order valence-corrected chi connectivity index (χ4v) is 9.86. The molecular formula is C46H96N2O8S2. The first-order chi connectivity index (χ1) is 27.3. The lowest BCUT2D eigenvalue weighted by atomic mass is 10.0. The van der Waals surface area contributed by atoms with Gasteiger partial charge in [0.25, 0.3) is 4.87 Å². The van der Waals surface area contributed by atoms with Crippen LogP contribution >= 0.6 is 0 Å². The van der Waals surface area contributed by atoms with E-state index in [0.29, 0.717) is 12.8 Å². The molecule has 0 saturated heterocycles. The zero-order chi connectivity index (χ0) is 44.2. The molecule has 0 aromatic carbocycles. The largest absolute Gasteiger partial charge is 0.748 e. The number of carbonyl (C=O) groups is 1. The third-order valence-electron chi connectivity index (χ3n) is 12.0. The van der Waals surface area contributed by atoms with Crippen molar-refractivity contribution in [3.63, 3.8) is 0 Å². The predicted octanol–water partition coefficient (Wildman–Crippen LogP) is 10.9. The lowest BCUT2D eigenvalue weighted by Crippen LogP contribution is -2.69. The summed E-state index contributed by atoms with van der Waals surface area (Å²) in [5.41, 5.74) is 0. The number of quaternary nitrogens is 2. The molecule has 10 nitrogen and oxygen atoms in total. The first-order valence-electron chi connectivity index (χ1n) is 24.0. The average molecular weight is 869 g/mol. The molecule has 0 amide bonds. The highest BCUT2D eigenvalue weighted by Crippen LogP contribution is 2.31. The van der Waals surface area contributed by atoms with Gasteiger partial charge in [-0.15, -0.1) is 0 Å². The van der Waals surface area contributed by atoms with Crippen molar-refractivity contribution in [2.24, 2.45) is 0 Å². The van der Waals surface area contributed by atoms with Crippen molar-refractivity contribution >= 4 is 26.2 Å². The minimum absolute atomic E-state index is 0.143. The molecule has 0 spiro atoms. The number of unbranched alkanes of at least 4 members (excludes halogenated alkanes) is 30. The van der Waals surface area contributed by atoms with E-state index < -0.39 is 35.6 Å². The molecule has 0 rings (SSSR count). The number of nitrogens with zero attached hydrogens (tertiary/aromatic N) is 2. The van der Waals surface area contributed by atoms with E-state index in [1.54, 1.807) is 0 Å². The summed E-state index contributed by atoms with van der Waals surface area (Å²) in [7, 11) is -0.234. The van der Waals surface area contributed by atoms with Gasteiger partial charge in [0.1, 0.15) is 5.97 Å². The Balaban J connectivity index is 0. The monoisotopic (exact) mass is 869 g/mol. The van der Waals surface area contributed by atoms with Crippen LogP contribution in [0, 0.1) is 0 Å². The second-order valence-corrected chi connectivity index (χ2v) is 22.1. The maximum atomic E-state index is 11.9. The van der Waals surface area contributed by atoms with Crippen LogP contribution in [-0.2, 0) is 25.0 Å². The summed E-state index contributed by atoms with van der Waals surface area (Å²) < 4.78 is 65.7. The van der Waals surface area contributed by atoms with Crippen molar-refractivity contribution < 1.29 is 44.8 Å². The second-order valence-electron chi connectivity index (χ2n) is 18.9. The van der Waals surface area contributed by atoms with E-state index in [1.807, 2.05) is 0 Å². The molecule has 1 unspecified atom stereocenters. The van der Waals surface area contributed by atoms with Gasteiger partial charge in [0.2, 0.25) is 0 Å². The highest BCUT2D eigenvalue weighted by atomic mass is 32.2. The zero-order valence-corrected chi connectivity index (χ0v) is 40.8. The number of carboxylic acids is 1. The smallest absolute Gasteiger partial charge is 0.328 e. The van der Waals surface area contributed by atoms with Gasteiger partial charge in [0.15, 0.2) is 0 Å². The lowest BCUT2D eigenvalue weighted by Gasteiger charge is -2.43. The van der Waals surface area contributed by atoms with Crippen LogP contribution in [0.25, 0.3) is 0 Å². The molecule has 0 aliphatic heterocycles. The van der Waals surface area contributed by atoms with Crippen molar-refractivity contribution in [3.05, 3.63) is 0 Å². The van der Waals surface area contributed by atoms with Crippen LogP contribution < -0.4 is 5.11 Å². The Morgan fingerprint density at radius 1 is 0.466 bits per heavy atom. The number of rotatable bonds is 41. The predicted molar refractivity (Wildman–Crippen MR) is 242 cm³/mol. The zero-order valence-electron chi connectivity index (χ0n) is 39.2. The standard InChI is InChI=1S/C23H47NO5S.C23H49NO3S/c1-5-6-7-8-9-10-11-12-13-14-15-16-17-18-19-20-21-23(22(25)26,24(2,3)4)30(27,28)29;1-4-5-6-7-8-9-10-11-12-13-14-15-16-17-18-19-21-24(2,3)22-20-23-28(25,26)27/h5-21H2,1-4H3,(H-,25,26,27,28,29);4-23H2,1-3H3. The van der Waals surface area contributed by atoms with Crippen LogP contribution in [-0.4, -0.2) is 99.8 Å². The molecule has 1 atom stereocenters. The molecule has 0 bridgehead atoms. The number of hydrogen-bond donors (Lipinski definition) is 1. The molecule has 0 aliphatic carbocycles. The Hall–Kier alpha value is -0.790. The van der Waals surface area contributed by atoms with E-state index >= 15 is 0 Å². The summed E-state index contributed by atoms with van der Waals surface area (Å²) in [5.74, 6) is -1.97. The topological polar surface area (TPSA) is 152 Å². The van der Waals surface area contributed by atoms with E-state index in [0.717, 1.165) is 43.3 Å². The highest BCUT2D eigenvalue weighted by Gasteiger charge is 2.55. The van der Waals surface area contributed by atoms with Gasteiger partial charge < -0.3 is 23.4 Å². The summed E-state index contributed by atoms with van der Waals surface area (Å²) in [6.45, 7) is 6.36. The molecule has 0 saturated carbocycles. The molecule has 0 aromatic rings. The van der Waals surface area contributed by atoms with Gasteiger partial charge in [-0.1, -0.05) is 200 Å². The van der Waals surface area contributed by atoms with Crippen molar-refractivity contribution in [1.82, 2.24) is 0 Å². The van der Waals surface area contributed by atoms with E-state index in [-0.39, 0.29) is 12.2 Å². The van der Waals surface area contributed by atoms with Gasteiger partial charge in [0.05, 0.1) is 58.4 Å². The molecule has 0 aromatic heterocycles. The van der Waals surface area contributed by atoms with Gasteiger partial charge in [-0.05, 0) is 19.3 Å². The third-order valence-corrected chi connectivity index (χ3v) is 14.5. The van der Waals surface area contributed by atoms with Crippen molar-refractivity contribution in [1.29, 1.82) is 0 Å². The first-order valence-corrected chi connectivity index (χ1v) is 27.0. The van der Waals surface area contributed by atoms with Crippen LogP contribution in [0.4, 0.5) is 0 Å². The second kappa shape index (κ2) is 35.8. The Kier molecular flexibility index (Phi) is 36.6. The van der Waals surface area contributed by atoms with Crippen LogP contribution in [0.15, 0.2) is 0 Å². The SMILES string of the molecule is CCCCCCCCCCCCCCCCCCC(C(=O)[O-])([N+](C)(C)C)S(=O)(=O)O.CCCCCCCCCCCCCCCCCC[N+](C)(C)CCCS(=O)(=O)[O-]. The van der Waals surface area contributed by atoms with Gasteiger partial charge in [-0.3, -0.25) is 4.55 Å². The number of hydrogen-bond acceptors (Lipinski definition) is 7. The quantitative estimate of drug-likeness (QED) is 0.0362. The van der Waals surface area contributed by atoms with E-state index in [2.05, 4.69) is 27.9 Å². The van der Waals surface area contributed by atoms with Gasteiger partial charge >= 0.3 is 10.1 Å². The number of likely N-dealkylation sites (N-methyl/N-ethyl adjacent to an activating group) is 1. The van der Waals surface area contributed by atoms with Crippen molar-refractivity contribution in [2.45, 2.75) is 237 Å². The summed E-state index contributed by atoms with van der Waals surface area (Å²) in [6, 6.07) is 0. The molecule has 0 heterocycles. The molecule has 0 radical (unpaired) electrons. The summed E-state index contributed by atoms with van der Waals surface area (Å²) >= 11 is 0. The fourth-order valence-electron chi connectivity index (χ4n) is 8.07. The van der Waals surface area contributed by atoms with E-state index in [9.17, 15) is 35.8 Å². The van der Waals surface area contributed by atoms with Crippen LogP contribution in [0.2, 0.25) is 0 Å². The van der Waals surface area contributed by atoms with Crippen molar-refractivity contribution in [2.75, 3.05) is 54.1 Å².